The molecule has 0 saturated heterocycles. The van der Waals surface area contributed by atoms with Crippen molar-refractivity contribution in [1.29, 1.82) is 0 Å². The van der Waals surface area contributed by atoms with Crippen molar-refractivity contribution in [3.63, 3.8) is 0 Å². The van der Waals surface area contributed by atoms with Gasteiger partial charge in [-0.2, -0.15) is 0 Å². The minimum Gasteiger partial charge on any atom is -0.464 e. The summed E-state index contributed by atoms with van der Waals surface area (Å²) in [6.45, 7) is 9.72. The van der Waals surface area contributed by atoms with Crippen molar-refractivity contribution in [1.82, 2.24) is 14.5 Å². The van der Waals surface area contributed by atoms with Crippen LogP contribution in [0.15, 0.2) is 47.5 Å². The lowest BCUT2D eigenvalue weighted by Gasteiger charge is -2.30. The van der Waals surface area contributed by atoms with E-state index in [9.17, 15) is 9.59 Å². The molecule has 1 amide bonds. The summed E-state index contributed by atoms with van der Waals surface area (Å²) in [6.07, 6.45) is 6.43. The van der Waals surface area contributed by atoms with Crippen molar-refractivity contribution in [2.75, 3.05) is 13.1 Å². The summed E-state index contributed by atoms with van der Waals surface area (Å²) in [7, 11) is 1.90. The zero-order valence-electron chi connectivity index (χ0n) is 19.9. The van der Waals surface area contributed by atoms with Crippen LogP contribution in [-0.4, -0.2) is 39.2 Å². The fraction of sp³-hybridized carbons (Fsp3) is 0.500. The Morgan fingerprint density at radius 1 is 1.09 bits per heavy atom. The molecule has 0 aliphatic rings. The van der Waals surface area contributed by atoms with Crippen LogP contribution >= 0.6 is 0 Å². The number of nitrogens with zero attached hydrogens (tertiary/aromatic N) is 3. The van der Waals surface area contributed by atoms with Crippen molar-refractivity contribution in [2.45, 2.75) is 47.0 Å². The Kier molecular flexibility index (Phi) is 7.89. The van der Waals surface area contributed by atoms with Crippen molar-refractivity contribution < 1.29 is 14.0 Å². The number of furan rings is 1. The minimum absolute atomic E-state index is 0.0130. The smallest absolute Gasteiger partial charge is 0.233 e. The summed E-state index contributed by atoms with van der Waals surface area (Å²) >= 11 is 0. The van der Waals surface area contributed by atoms with Gasteiger partial charge in [-0.25, -0.2) is 4.98 Å². The number of hydrogen-bond acceptors (Lipinski definition) is 4. The molecule has 0 bridgehead atoms. The second-order valence-corrected chi connectivity index (χ2v) is 9.54. The molecule has 0 spiro atoms. The third-order valence-corrected chi connectivity index (χ3v) is 5.68. The summed E-state index contributed by atoms with van der Waals surface area (Å²) in [5.41, 5.74) is 2.80. The second-order valence-electron chi connectivity index (χ2n) is 9.54. The number of aryl methyl sites for hydroxylation is 2. The van der Waals surface area contributed by atoms with E-state index in [1.165, 1.54) is 0 Å². The van der Waals surface area contributed by atoms with Gasteiger partial charge in [-0.3, -0.25) is 9.59 Å². The summed E-state index contributed by atoms with van der Waals surface area (Å²) < 4.78 is 7.29. The van der Waals surface area contributed by atoms with Crippen LogP contribution in [0.3, 0.4) is 0 Å². The lowest BCUT2D eigenvalue weighted by atomic mass is 9.91. The number of imidazole rings is 1. The van der Waals surface area contributed by atoms with Gasteiger partial charge in [0.15, 0.2) is 0 Å². The topological polar surface area (TPSA) is 68.3 Å². The number of ketones is 1. The quantitative estimate of drug-likeness (QED) is 0.409. The Labute approximate surface area is 190 Å². The summed E-state index contributed by atoms with van der Waals surface area (Å²) in [5, 5.41) is 1.03. The summed E-state index contributed by atoms with van der Waals surface area (Å²) in [4.78, 5) is 33.0. The largest absolute Gasteiger partial charge is 0.464 e. The van der Waals surface area contributed by atoms with Crippen LogP contribution in [0.25, 0.3) is 11.0 Å². The van der Waals surface area contributed by atoms with Crippen LogP contribution in [0.2, 0.25) is 0 Å². The van der Waals surface area contributed by atoms with Gasteiger partial charge in [0.1, 0.15) is 17.3 Å². The van der Waals surface area contributed by atoms with Gasteiger partial charge >= 0.3 is 0 Å². The number of carbonyl (C=O) groups excluding carboxylic acids is 2. The molecule has 2 heterocycles. The average Bonchev–Trinajstić information content (AvgIpc) is 3.36. The normalized spacial score (nSPS) is 12.6. The van der Waals surface area contributed by atoms with Crippen molar-refractivity contribution in [3.8, 4) is 0 Å². The first-order chi connectivity index (χ1) is 15.2. The molecule has 0 saturated carbocycles. The number of aromatic nitrogens is 2. The number of fused-ring (bicyclic) bond motifs is 1. The fourth-order valence-electron chi connectivity index (χ4n) is 4.10. The molecule has 0 N–H and O–H groups in total. The molecule has 3 rings (SSSR count). The highest BCUT2D eigenvalue weighted by atomic mass is 16.3. The molecule has 0 aliphatic carbocycles. The van der Waals surface area contributed by atoms with Crippen molar-refractivity contribution in [3.05, 3.63) is 54.3 Å². The summed E-state index contributed by atoms with van der Waals surface area (Å²) in [6, 6.07) is 7.89. The molecule has 2 aromatic heterocycles. The monoisotopic (exact) mass is 437 g/mol. The molecular weight excluding hydrogens is 402 g/mol. The van der Waals surface area contributed by atoms with Gasteiger partial charge in [-0.1, -0.05) is 33.8 Å². The van der Waals surface area contributed by atoms with Gasteiger partial charge in [0, 0.05) is 50.3 Å². The molecule has 1 aromatic carbocycles. The van der Waals surface area contributed by atoms with E-state index in [0.717, 1.165) is 22.2 Å². The highest BCUT2D eigenvalue weighted by Gasteiger charge is 2.31. The van der Waals surface area contributed by atoms with E-state index in [-0.39, 0.29) is 11.7 Å². The zero-order valence-corrected chi connectivity index (χ0v) is 19.9. The predicted octanol–water partition coefficient (Wildman–Crippen LogP) is 4.67. The second kappa shape index (κ2) is 10.6. The molecule has 3 aromatic rings. The first kappa shape index (κ1) is 23.8. The van der Waals surface area contributed by atoms with Crippen LogP contribution in [0.5, 0.6) is 0 Å². The SMILES string of the molecule is CC(C)CN(CC(C)C)C(=O)C(Cc1cncn1C)C(=O)CCc1ccc2occc2c1. The Hall–Kier alpha value is -2.89. The van der Waals surface area contributed by atoms with E-state index in [1.54, 1.807) is 18.8 Å². The minimum atomic E-state index is -0.694. The van der Waals surface area contributed by atoms with Crippen molar-refractivity contribution >= 4 is 22.7 Å². The number of benzene rings is 1. The molecular formula is C26H35N3O3. The first-order valence-corrected chi connectivity index (χ1v) is 11.5. The lowest BCUT2D eigenvalue weighted by molar-refractivity contribution is -0.142. The molecule has 1 atom stereocenters. The first-order valence-electron chi connectivity index (χ1n) is 11.5. The molecule has 6 nitrogen and oxygen atoms in total. The lowest BCUT2D eigenvalue weighted by Crippen LogP contribution is -2.44. The molecule has 0 aliphatic heterocycles. The third-order valence-electron chi connectivity index (χ3n) is 5.68. The maximum absolute atomic E-state index is 13.6. The van der Waals surface area contributed by atoms with Crippen LogP contribution < -0.4 is 0 Å². The number of hydrogen-bond donors (Lipinski definition) is 0. The summed E-state index contributed by atoms with van der Waals surface area (Å²) in [5.74, 6) is -0.0934. The predicted molar refractivity (Wildman–Crippen MR) is 126 cm³/mol. The molecule has 6 heteroatoms. The Morgan fingerprint density at radius 3 is 2.44 bits per heavy atom. The van der Waals surface area contributed by atoms with Gasteiger partial charge in [-0.15, -0.1) is 0 Å². The average molecular weight is 438 g/mol. The number of Topliss-reactive ketones (excluding diaryl/α,β-unsaturated/α-hetero) is 1. The molecule has 1 unspecified atom stereocenters. The van der Waals surface area contributed by atoms with Gasteiger partial charge in [0.2, 0.25) is 5.91 Å². The van der Waals surface area contributed by atoms with Crippen LogP contribution in [0.4, 0.5) is 0 Å². The Bertz CT molecular complexity index is 1040. The van der Waals surface area contributed by atoms with E-state index in [1.807, 2.05) is 40.8 Å². The Balaban J connectivity index is 1.79. The maximum Gasteiger partial charge on any atom is 0.233 e. The van der Waals surface area contributed by atoms with Crippen LogP contribution in [0.1, 0.15) is 45.4 Å². The van der Waals surface area contributed by atoms with E-state index >= 15 is 0 Å². The highest BCUT2D eigenvalue weighted by molar-refractivity contribution is 6.01. The van der Waals surface area contributed by atoms with Crippen LogP contribution in [0, 0.1) is 17.8 Å². The number of amides is 1. The highest BCUT2D eigenvalue weighted by Crippen LogP contribution is 2.21. The molecule has 0 fully saturated rings. The number of rotatable bonds is 11. The maximum atomic E-state index is 13.6. The standard InChI is InChI=1S/C26H35N3O3/c1-18(2)15-29(16-19(3)4)26(31)23(13-22-14-27-17-28(22)5)24(30)8-6-20-7-9-25-21(12-20)10-11-32-25/h7,9-12,14,17-19,23H,6,8,13,15-16H2,1-5H3. The molecule has 32 heavy (non-hydrogen) atoms. The van der Waals surface area contributed by atoms with Gasteiger partial charge in [0.05, 0.1) is 12.6 Å². The van der Waals surface area contributed by atoms with E-state index < -0.39 is 5.92 Å². The fourth-order valence-corrected chi connectivity index (χ4v) is 4.10. The number of carbonyl (C=O) groups is 2. The van der Waals surface area contributed by atoms with Gasteiger partial charge < -0.3 is 13.9 Å². The van der Waals surface area contributed by atoms with E-state index in [4.69, 9.17) is 4.42 Å². The molecule has 172 valence electrons. The van der Waals surface area contributed by atoms with Crippen LogP contribution in [-0.2, 0) is 29.5 Å². The third kappa shape index (κ3) is 6.09. The Morgan fingerprint density at radius 2 is 1.81 bits per heavy atom. The zero-order chi connectivity index (χ0) is 23.3. The van der Waals surface area contributed by atoms with Crippen molar-refractivity contribution in [2.24, 2.45) is 24.8 Å². The van der Waals surface area contributed by atoms with Gasteiger partial charge in [0.25, 0.3) is 0 Å². The van der Waals surface area contributed by atoms with E-state index in [2.05, 4.69) is 32.7 Å². The van der Waals surface area contributed by atoms with Gasteiger partial charge in [-0.05, 0) is 42.0 Å². The molecule has 0 radical (unpaired) electrons. The van der Waals surface area contributed by atoms with E-state index in [0.29, 0.717) is 44.2 Å².